The van der Waals surface area contributed by atoms with Crippen LogP contribution >= 0.6 is 0 Å². The number of carbonyl (C=O) groups is 2. The average Bonchev–Trinajstić information content (AvgIpc) is 3.53. The molecule has 1 rings (SSSR count). The van der Waals surface area contributed by atoms with Crippen LogP contribution in [-0.4, -0.2) is 99.6 Å². The highest BCUT2D eigenvalue weighted by Crippen LogP contribution is 2.26. The maximum atomic E-state index is 13.5. The topological polar surface area (TPSA) is 175 Å². The van der Waals surface area contributed by atoms with Gasteiger partial charge in [-0.15, -0.1) is 0 Å². The number of allylic oxidation sites excluding steroid dienone is 15. The second kappa shape index (κ2) is 56.1. The van der Waals surface area contributed by atoms with Crippen LogP contribution in [0.15, 0.2) is 97.2 Å². The summed E-state index contributed by atoms with van der Waals surface area (Å²) in [5, 5.41) is 57.1. The molecule has 80 heavy (non-hydrogen) atoms. The summed E-state index contributed by atoms with van der Waals surface area (Å²) in [6.45, 7) is 5.63. The van der Waals surface area contributed by atoms with Crippen molar-refractivity contribution in [2.24, 2.45) is 0 Å². The summed E-state index contributed by atoms with van der Waals surface area (Å²) in [5.41, 5.74) is 0. The first-order valence-corrected chi connectivity index (χ1v) is 32.5. The van der Waals surface area contributed by atoms with Gasteiger partial charge in [-0.05, 0) is 103 Å². The Morgan fingerprint density at radius 3 is 1.38 bits per heavy atom. The fraction of sp³-hybridized carbons (Fsp3) is 0.739. The fourth-order valence-electron chi connectivity index (χ4n) is 9.59. The Bertz CT molecular complexity index is 1670. The number of rotatable bonds is 54. The molecule has 0 aliphatic carbocycles. The van der Waals surface area contributed by atoms with Crippen LogP contribution in [0.5, 0.6) is 0 Å². The smallest absolute Gasteiger partial charge is 0.306 e. The standard InChI is InChI=1S/C69H119NO10/c1-4-7-10-13-16-19-22-25-27-28-29-30-31-32-33-34-35-36-38-41-44-47-50-53-56-62(73)68(77)70-60(61(72)55-52-49-46-43-40-37-24-21-18-15-12-9-6-3)59-78-69-67(66(76)65(75)63(58-71)79-69)80-64(74)57-54-51-48-45-42-39-26-23-20-17-14-11-8-5-2/h8,11,16-17,19-20,25-27,29-30,32-33,39,52,55,60-63,65-67,69,71-73,75-76H,4-7,9-10,12-15,18,21-24,28,31,34-38,40-51,53-54,56-59H2,1-3H3,(H,70,77)/b11-8+,19-16-,20-17+,27-25-,30-29-,33-32-,39-26+,55-52+. The number of hydrogen-bond acceptors (Lipinski definition) is 10. The van der Waals surface area contributed by atoms with E-state index in [1.54, 1.807) is 6.08 Å². The molecule has 8 unspecified atom stereocenters. The lowest BCUT2D eigenvalue weighted by atomic mass is 9.99. The summed E-state index contributed by atoms with van der Waals surface area (Å²) in [6, 6.07) is -1.04. The molecule has 11 nitrogen and oxygen atoms in total. The molecule has 11 heteroatoms. The fourth-order valence-corrected chi connectivity index (χ4v) is 9.59. The molecule has 0 aromatic carbocycles. The Morgan fingerprint density at radius 1 is 0.500 bits per heavy atom. The van der Waals surface area contributed by atoms with Gasteiger partial charge in [0.05, 0.1) is 25.4 Å². The van der Waals surface area contributed by atoms with Crippen molar-refractivity contribution in [3.05, 3.63) is 97.2 Å². The lowest BCUT2D eigenvalue weighted by Crippen LogP contribution is -2.61. The van der Waals surface area contributed by atoms with E-state index in [9.17, 15) is 35.1 Å². The van der Waals surface area contributed by atoms with Gasteiger partial charge in [0.25, 0.3) is 0 Å². The predicted octanol–water partition coefficient (Wildman–Crippen LogP) is 15.9. The molecule has 0 spiro atoms. The van der Waals surface area contributed by atoms with Gasteiger partial charge in [-0.1, -0.05) is 253 Å². The Balaban J connectivity index is 2.66. The second-order valence-corrected chi connectivity index (χ2v) is 22.1. The summed E-state index contributed by atoms with van der Waals surface area (Å²) < 4.78 is 17.6. The van der Waals surface area contributed by atoms with Crippen LogP contribution in [0.4, 0.5) is 0 Å². The largest absolute Gasteiger partial charge is 0.454 e. The van der Waals surface area contributed by atoms with Crippen LogP contribution in [0.1, 0.15) is 265 Å². The van der Waals surface area contributed by atoms with Gasteiger partial charge in [-0.25, -0.2) is 0 Å². The number of amides is 1. The summed E-state index contributed by atoms with van der Waals surface area (Å²) >= 11 is 0. The zero-order valence-electron chi connectivity index (χ0n) is 50.9. The van der Waals surface area contributed by atoms with Gasteiger partial charge >= 0.3 is 5.97 Å². The number of aliphatic hydroxyl groups is 5. The van der Waals surface area contributed by atoms with Gasteiger partial charge in [0.2, 0.25) is 5.91 Å². The predicted molar refractivity (Wildman–Crippen MR) is 333 cm³/mol. The molecule has 0 saturated carbocycles. The van der Waals surface area contributed by atoms with E-state index in [1.807, 2.05) is 6.08 Å². The molecule has 1 aliphatic rings. The lowest BCUT2D eigenvalue weighted by Gasteiger charge is -2.41. The molecule has 1 aliphatic heterocycles. The Morgan fingerprint density at radius 2 is 0.900 bits per heavy atom. The minimum Gasteiger partial charge on any atom is -0.454 e. The monoisotopic (exact) mass is 1120 g/mol. The highest BCUT2D eigenvalue weighted by Gasteiger charge is 2.47. The first kappa shape index (κ1) is 74.6. The molecule has 1 saturated heterocycles. The molecule has 1 heterocycles. The Kier molecular flexibility index (Phi) is 52.3. The molecule has 6 N–H and O–H groups in total. The first-order valence-electron chi connectivity index (χ1n) is 32.5. The summed E-state index contributed by atoms with van der Waals surface area (Å²) in [7, 11) is 0. The third kappa shape index (κ3) is 43.3. The SMILES string of the molecule is CC/C=C/C/C=C/C/C=C/CCCCCCC(=O)OC1C(OCC(NC(=O)C(O)CCCCCCCCCC/C=C\C/C=C\C/C=C\C/C=C\CCCCC)C(O)/C=C/CCCCCCCCCCCCC)OC(CO)C(O)C1O. The molecule has 0 aromatic rings. The van der Waals surface area contributed by atoms with E-state index in [0.29, 0.717) is 12.8 Å². The molecular weight excluding hydrogens is 1000 g/mol. The van der Waals surface area contributed by atoms with Gasteiger partial charge in [0.1, 0.15) is 24.4 Å². The number of unbranched alkanes of at least 4 members (excludes halogenated alkanes) is 26. The molecular formula is C69H119NO10. The zero-order valence-corrected chi connectivity index (χ0v) is 50.9. The van der Waals surface area contributed by atoms with Gasteiger partial charge in [-0.2, -0.15) is 0 Å². The van der Waals surface area contributed by atoms with E-state index in [4.69, 9.17) is 14.2 Å². The molecule has 460 valence electrons. The van der Waals surface area contributed by atoms with Crippen LogP contribution in [0.3, 0.4) is 0 Å². The van der Waals surface area contributed by atoms with Crippen LogP contribution in [0.25, 0.3) is 0 Å². The van der Waals surface area contributed by atoms with Crippen molar-refractivity contribution in [3.8, 4) is 0 Å². The Hall–Kier alpha value is -3.42. The van der Waals surface area contributed by atoms with E-state index < -0.39 is 67.4 Å². The summed E-state index contributed by atoms with van der Waals surface area (Å²) in [6.07, 6.45) is 64.4. The van der Waals surface area contributed by atoms with E-state index in [0.717, 1.165) is 109 Å². The molecule has 1 amide bonds. The zero-order chi connectivity index (χ0) is 58.2. The number of nitrogens with one attached hydrogen (secondary N) is 1. The minimum atomic E-state index is -1.63. The van der Waals surface area contributed by atoms with E-state index >= 15 is 0 Å². The van der Waals surface area contributed by atoms with Crippen molar-refractivity contribution in [3.63, 3.8) is 0 Å². The lowest BCUT2D eigenvalue weighted by molar-refractivity contribution is -0.305. The normalized spacial score (nSPS) is 19.4. The average molecular weight is 1120 g/mol. The van der Waals surface area contributed by atoms with Gasteiger partial charge in [-0.3, -0.25) is 9.59 Å². The first-order chi connectivity index (χ1) is 39.2. The molecule has 8 atom stereocenters. The van der Waals surface area contributed by atoms with Gasteiger partial charge in [0.15, 0.2) is 12.4 Å². The van der Waals surface area contributed by atoms with E-state index in [-0.39, 0.29) is 19.4 Å². The summed E-state index contributed by atoms with van der Waals surface area (Å²) in [5.74, 6) is -1.23. The Labute approximate surface area is 488 Å². The molecule has 0 bridgehead atoms. The number of carbonyl (C=O) groups excluding carboxylic acids is 2. The van der Waals surface area contributed by atoms with Crippen molar-refractivity contribution >= 4 is 11.9 Å². The highest BCUT2D eigenvalue weighted by atomic mass is 16.7. The summed E-state index contributed by atoms with van der Waals surface area (Å²) in [4.78, 5) is 26.6. The van der Waals surface area contributed by atoms with Crippen molar-refractivity contribution in [2.75, 3.05) is 13.2 Å². The highest BCUT2D eigenvalue weighted by molar-refractivity contribution is 5.80. The van der Waals surface area contributed by atoms with Crippen molar-refractivity contribution in [2.45, 2.75) is 314 Å². The number of hydrogen-bond donors (Lipinski definition) is 6. The number of aliphatic hydroxyl groups excluding tert-OH is 5. The van der Waals surface area contributed by atoms with Crippen LogP contribution in [-0.2, 0) is 23.8 Å². The third-order valence-electron chi connectivity index (χ3n) is 14.7. The number of ether oxygens (including phenoxy) is 3. The van der Waals surface area contributed by atoms with Crippen LogP contribution < -0.4 is 5.32 Å². The number of esters is 1. The maximum Gasteiger partial charge on any atom is 0.306 e. The van der Waals surface area contributed by atoms with Gasteiger partial charge in [0, 0.05) is 6.42 Å². The van der Waals surface area contributed by atoms with E-state index in [2.05, 4.69) is 111 Å². The molecule has 0 aromatic heterocycles. The third-order valence-corrected chi connectivity index (χ3v) is 14.7. The van der Waals surface area contributed by atoms with Gasteiger partial charge < -0.3 is 45.1 Å². The van der Waals surface area contributed by atoms with E-state index in [1.165, 1.54) is 109 Å². The molecule has 1 fully saturated rings. The van der Waals surface area contributed by atoms with Crippen molar-refractivity contribution in [1.29, 1.82) is 0 Å². The second-order valence-electron chi connectivity index (χ2n) is 22.1. The van der Waals surface area contributed by atoms with Crippen LogP contribution in [0, 0.1) is 0 Å². The van der Waals surface area contributed by atoms with Crippen molar-refractivity contribution in [1.82, 2.24) is 5.32 Å². The molecule has 0 radical (unpaired) electrons. The van der Waals surface area contributed by atoms with Crippen molar-refractivity contribution < 1.29 is 49.3 Å². The maximum absolute atomic E-state index is 13.5. The quantitative estimate of drug-likeness (QED) is 0.0195. The van der Waals surface area contributed by atoms with Crippen LogP contribution in [0.2, 0.25) is 0 Å². The minimum absolute atomic E-state index is 0.0929.